The molecule has 1 atom stereocenters. The Kier molecular flexibility index (Phi) is 3.83. The van der Waals surface area contributed by atoms with Gasteiger partial charge in [-0.2, -0.15) is 0 Å². The van der Waals surface area contributed by atoms with Crippen molar-refractivity contribution in [1.82, 2.24) is 5.32 Å². The number of hydrogen-bond donors (Lipinski definition) is 2. The molecular formula is C16H15FN2O2. The van der Waals surface area contributed by atoms with Gasteiger partial charge in [0.05, 0.1) is 12.6 Å². The summed E-state index contributed by atoms with van der Waals surface area (Å²) < 4.78 is 18.6. The van der Waals surface area contributed by atoms with Crippen LogP contribution < -0.4 is 15.4 Å². The SMILES string of the molecule is O=C(CNC1COc2ccccc21)Nc1cccc(F)c1. The Balaban J connectivity index is 1.55. The number of nitrogens with one attached hydrogen (secondary N) is 2. The lowest BCUT2D eigenvalue weighted by Gasteiger charge is -2.11. The van der Waals surface area contributed by atoms with Gasteiger partial charge < -0.3 is 10.1 Å². The molecule has 21 heavy (non-hydrogen) atoms. The van der Waals surface area contributed by atoms with E-state index in [-0.39, 0.29) is 24.3 Å². The van der Waals surface area contributed by atoms with Crippen LogP contribution in [0.3, 0.4) is 0 Å². The van der Waals surface area contributed by atoms with Crippen molar-refractivity contribution in [2.24, 2.45) is 0 Å². The van der Waals surface area contributed by atoms with Crippen molar-refractivity contribution in [2.45, 2.75) is 6.04 Å². The van der Waals surface area contributed by atoms with Crippen LogP contribution in [0.4, 0.5) is 10.1 Å². The van der Waals surface area contributed by atoms with Crippen molar-refractivity contribution in [1.29, 1.82) is 0 Å². The lowest BCUT2D eigenvalue weighted by Crippen LogP contribution is -2.32. The Morgan fingerprint density at radius 1 is 1.24 bits per heavy atom. The molecule has 0 spiro atoms. The first-order chi connectivity index (χ1) is 10.2. The van der Waals surface area contributed by atoms with Gasteiger partial charge in [-0.05, 0) is 24.3 Å². The Bertz CT molecular complexity index is 660. The summed E-state index contributed by atoms with van der Waals surface area (Å²) in [6.45, 7) is 0.644. The Morgan fingerprint density at radius 3 is 2.95 bits per heavy atom. The highest BCUT2D eigenvalue weighted by molar-refractivity contribution is 5.92. The summed E-state index contributed by atoms with van der Waals surface area (Å²) in [6.07, 6.45) is 0. The number of benzene rings is 2. The molecule has 4 nitrogen and oxygen atoms in total. The Labute approximate surface area is 121 Å². The van der Waals surface area contributed by atoms with Crippen molar-refractivity contribution < 1.29 is 13.9 Å². The third-order valence-corrected chi connectivity index (χ3v) is 3.32. The molecule has 2 aromatic carbocycles. The molecule has 3 rings (SSSR count). The van der Waals surface area contributed by atoms with E-state index in [9.17, 15) is 9.18 Å². The summed E-state index contributed by atoms with van der Waals surface area (Å²) in [4.78, 5) is 11.9. The zero-order valence-electron chi connectivity index (χ0n) is 11.3. The fourth-order valence-corrected chi connectivity index (χ4v) is 2.32. The van der Waals surface area contributed by atoms with E-state index in [1.54, 1.807) is 12.1 Å². The van der Waals surface area contributed by atoms with E-state index in [2.05, 4.69) is 10.6 Å². The predicted molar refractivity (Wildman–Crippen MR) is 77.7 cm³/mol. The minimum atomic E-state index is -0.376. The summed E-state index contributed by atoms with van der Waals surface area (Å²) in [6, 6.07) is 13.6. The maximum atomic E-state index is 13.0. The third-order valence-electron chi connectivity index (χ3n) is 3.32. The largest absolute Gasteiger partial charge is 0.491 e. The van der Waals surface area contributed by atoms with Crippen LogP contribution in [-0.4, -0.2) is 19.1 Å². The number of anilines is 1. The highest BCUT2D eigenvalue weighted by Gasteiger charge is 2.23. The number of carbonyl (C=O) groups excluding carboxylic acids is 1. The molecule has 0 saturated heterocycles. The summed E-state index contributed by atoms with van der Waals surface area (Å²) in [5.74, 6) is 0.254. The molecule has 1 aliphatic heterocycles. The molecule has 0 saturated carbocycles. The summed E-state index contributed by atoms with van der Waals surface area (Å²) in [5, 5.41) is 5.79. The molecule has 0 bridgehead atoms. The number of amides is 1. The number of hydrogen-bond acceptors (Lipinski definition) is 3. The molecule has 0 aromatic heterocycles. The number of para-hydroxylation sites is 1. The number of halogens is 1. The molecule has 1 unspecified atom stereocenters. The van der Waals surface area contributed by atoms with Gasteiger partial charge >= 0.3 is 0 Å². The van der Waals surface area contributed by atoms with Crippen molar-refractivity contribution in [3.05, 3.63) is 59.9 Å². The maximum Gasteiger partial charge on any atom is 0.238 e. The molecular weight excluding hydrogens is 271 g/mol. The third kappa shape index (κ3) is 3.20. The molecule has 1 heterocycles. The molecule has 2 N–H and O–H groups in total. The molecule has 108 valence electrons. The first kappa shape index (κ1) is 13.6. The monoisotopic (exact) mass is 286 g/mol. The van der Waals surface area contributed by atoms with Gasteiger partial charge in [-0.15, -0.1) is 0 Å². The number of ether oxygens (including phenoxy) is 1. The second-order valence-corrected chi connectivity index (χ2v) is 4.84. The normalized spacial score (nSPS) is 16.1. The van der Waals surface area contributed by atoms with Gasteiger partial charge in [0.1, 0.15) is 18.2 Å². The second-order valence-electron chi connectivity index (χ2n) is 4.84. The van der Waals surface area contributed by atoms with E-state index in [0.29, 0.717) is 12.3 Å². The van der Waals surface area contributed by atoms with Gasteiger partial charge in [-0.25, -0.2) is 4.39 Å². The fourth-order valence-electron chi connectivity index (χ4n) is 2.32. The van der Waals surface area contributed by atoms with E-state index < -0.39 is 0 Å². The van der Waals surface area contributed by atoms with Crippen LogP contribution >= 0.6 is 0 Å². The average molecular weight is 286 g/mol. The predicted octanol–water partition coefficient (Wildman–Crippen LogP) is 2.49. The topological polar surface area (TPSA) is 50.4 Å². The van der Waals surface area contributed by atoms with Crippen molar-refractivity contribution in [3.63, 3.8) is 0 Å². The minimum Gasteiger partial charge on any atom is -0.491 e. The van der Waals surface area contributed by atoms with Crippen LogP contribution in [0, 0.1) is 5.82 Å². The minimum absolute atomic E-state index is 0.000500. The molecule has 0 radical (unpaired) electrons. The Morgan fingerprint density at radius 2 is 2.10 bits per heavy atom. The first-order valence-corrected chi connectivity index (χ1v) is 6.73. The summed E-state index contributed by atoms with van der Waals surface area (Å²) >= 11 is 0. The van der Waals surface area contributed by atoms with Gasteiger partial charge in [-0.1, -0.05) is 24.3 Å². The van der Waals surface area contributed by atoms with Crippen molar-refractivity contribution in [2.75, 3.05) is 18.5 Å². The number of rotatable bonds is 4. The van der Waals surface area contributed by atoms with Crippen LogP contribution in [0.15, 0.2) is 48.5 Å². The molecule has 2 aromatic rings. The van der Waals surface area contributed by atoms with E-state index in [4.69, 9.17) is 4.74 Å². The summed E-state index contributed by atoms with van der Waals surface area (Å²) in [7, 11) is 0. The second kappa shape index (κ2) is 5.93. The van der Waals surface area contributed by atoms with E-state index in [1.807, 2.05) is 24.3 Å². The number of fused-ring (bicyclic) bond motifs is 1. The van der Waals surface area contributed by atoms with Crippen LogP contribution in [0.1, 0.15) is 11.6 Å². The van der Waals surface area contributed by atoms with Gasteiger partial charge in [0, 0.05) is 11.3 Å². The molecule has 1 amide bonds. The Hall–Kier alpha value is -2.40. The average Bonchev–Trinajstić information content (AvgIpc) is 2.88. The van der Waals surface area contributed by atoms with E-state index in [1.165, 1.54) is 12.1 Å². The zero-order valence-corrected chi connectivity index (χ0v) is 11.3. The zero-order chi connectivity index (χ0) is 14.7. The lowest BCUT2D eigenvalue weighted by molar-refractivity contribution is -0.115. The quantitative estimate of drug-likeness (QED) is 0.908. The fraction of sp³-hybridized carbons (Fsp3) is 0.188. The van der Waals surface area contributed by atoms with Crippen LogP contribution in [-0.2, 0) is 4.79 Å². The van der Waals surface area contributed by atoms with Gasteiger partial charge in [-0.3, -0.25) is 10.1 Å². The van der Waals surface area contributed by atoms with Gasteiger partial charge in [0.2, 0.25) is 5.91 Å². The standard InChI is InChI=1S/C16H15FN2O2/c17-11-4-3-5-12(8-11)19-16(20)9-18-14-10-21-15-7-2-1-6-13(14)15/h1-8,14,18H,9-10H2,(H,19,20). The molecule has 0 aliphatic carbocycles. The van der Waals surface area contributed by atoms with Crippen LogP contribution in [0.2, 0.25) is 0 Å². The lowest BCUT2D eigenvalue weighted by atomic mass is 10.1. The summed E-state index contributed by atoms with van der Waals surface area (Å²) in [5.41, 5.74) is 1.50. The van der Waals surface area contributed by atoms with E-state index in [0.717, 1.165) is 11.3 Å². The number of carbonyl (C=O) groups is 1. The smallest absolute Gasteiger partial charge is 0.238 e. The highest BCUT2D eigenvalue weighted by Crippen LogP contribution is 2.31. The maximum absolute atomic E-state index is 13.0. The molecule has 5 heteroatoms. The molecule has 1 aliphatic rings. The molecule has 0 fully saturated rings. The first-order valence-electron chi connectivity index (χ1n) is 6.73. The van der Waals surface area contributed by atoms with E-state index >= 15 is 0 Å². The van der Waals surface area contributed by atoms with Crippen LogP contribution in [0.5, 0.6) is 5.75 Å². The van der Waals surface area contributed by atoms with Crippen LogP contribution in [0.25, 0.3) is 0 Å². The van der Waals surface area contributed by atoms with Gasteiger partial charge in [0.15, 0.2) is 0 Å². The highest BCUT2D eigenvalue weighted by atomic mass is 19.1. The van der Waals surface area contributed by atoms with Crippen molar-refractivity contribution in [3.8, 4) is 5.75 Å². The van der Waals surface area contributed by atoms with Crippen molar-refractivity contribution >= 4 is 11.6 Å². The van der Waals surface area contributed by atoms with Gasteiger partial charge in [0.25, 0.3) is 0 Å².